The molecule has 21 heavy (non-hydrogen) atoms. The zero-order chi connectivity index (χ0) is 15.5. The summed E-state index contributed by atoms with van der Waals surface area (Å²) in [5.41, 5.74) is 5.90. The van der Waals surface area contributed by atoms with Gasteiger partial charge in [-0.25, -0.2) is 4.98 Å². The van der Waals surface area contributed by atoms with Crippen LogP contribution in [0.1, 0.15) is 11.1 Å². The van der Waals surface area contributed by atoms with E-state index in [1.54, 1.807) is 24.3 Å². The molecule has 1 aromatic heterocycles. The fourth-order valence-corrected chi connectivity index (χ4v) is 1.72. The van der Waals surface area contributed by atoms with Crippen LogP contribution in [0.4, 0.5) is 30.5 Å². The summed E-state index contributed by atoms with van der Waals surface area (Å²) >= 11 is 0. The van der Waals surface area contributed by atoms with Gasteiger partial charge in [-0.05, 0) is 29.8 Å². The second-order valence-corrected chi connectivity index (χ2v) is 4.32. The van der Waals surface area contributed by atoms with E-state index in [9.17, 15) is 13.2 Å². The molecule has 0 saturated carbocycles. The molecule has 108 valence electrons. The number of nitrogens with two attached hydrogens (primary N) is 1. The third kappa shape index (κ3) is 3.86. The lowest BCUT2D eigenvalue weighted by molar-refractivity contribution is -0.137. The Balaban J connectivity index is 2.23. The highest BCUT2D eigenvalue weighted by Crippen LogP contribution is 2.32. The standard InChI is InChI=1S/C14H11F3N4/c15-14(16,17)10-7-12(19)21-13(8-10)20-11-3-1-9(2-4-11)5-6-18/h1-4,7-8H,5H2,(H3,19,20,21). The Morgan fingerprint density at radius 1 is 1.19 bits per heavy atom. The molecule has 1 heterocycles. The molecule has 0 fully saturated rings. The van der Waals surface area contributed by atoms with Crippen molar-refractivity contribution in [2.24, 2.45) is 0 Å². The van der Waals surface area contributed by atoms with Gasteiger partial charge in [-0.3, -0.25) is 0 Å². The van der Waals surface area contributed by atoms with Crippen LogP contribution in [0.3, 0.4) is 0 Å². The largest absolute Gasteiger partial charge is 0.416 e. The molecule has 1 aromatic carbocycles. The van der Waals surface area contributed by atoms with Crippen LogP contribution in [0.5, 0.6) is 0 Å². The van der Waals surface area contributed by atoms with Crippen LogP contribution in [-0.2, 0) is 12.6 Å². The molecule has 2 aromatic rings. The number of pyridine rings is 1. The summed E-state index contributed by atoms with van der Waals surface area (Å²) in [5.74, 6) is -0.205. The van der Waals surface area contributed by atoms with Crippen LogP contribution >= 0.6 is 0 Å². The fraction of sp³-hybridized carbons (Fsp3) is 0.143. The molecule has 0 bridgehead atoms. The summed E-state index contributed by atoms with van der Waals surface area (Å²) in [7, 11) is 0. The third-order valence-corrected chi connectivity index (χ3v) is 2.68. The molecule has 0 atom stereocenters. The highest BCUT2D eigenvalue weighted by atomic mass is 19.4. The second kappa shape index (κ2) is 5.71. The molecule has 0 unspecified atom stereocenters. The number of anilines is 3. The van der Waals surface area contributed by atoms with Gasteiger partial charge in [-0.15, -0.1) is 0 Å². The molecule has 2 rings (SSSR count). The normalized spacial score (nSPS) is 11.0. The topological polar surface area (TPSA) is 74.7 Å². The predicted octanol–water partition coefficient (Wildman–Crippen LogP) is 3.49. The number of rotatable bonds is 3. The van der Waals surface area contributed by atoms with Gasteiger partial charge >= 0.3 is 6.18 Å². The number of hydrogen-bond donors (Lipinski definition) is 2. The van der Waals surface area contributed by atoms with Crippen LogP contribution in [0.2, 0.25) is 0 Å². The van der Waals surface area contributed by atoms with E-state index in [2.05, 4.69) is 10.3 Å². The number of hydrogen-bond acceptors (Lipinski definition) is 4. The van der Waals surface area contributed by atoms with E-state index in [1.165, 1.54) is 0 Å². The van der Waals surface area contributed by atoms with E-state index in [0.717, 1.165) is 17.7 Å². The minimum absolute atomic E-state index is 0.00959. The highest BCUT2D eigenvalue weighted by molar-refractivity contribution is 5.59. The maximum absolute atomic E-state index is 12.7. The Kier molecular flexibility index (Phi) is 3.98. The zero-order valence-corrected chi connectivity index (χ0v) is 10.8. The van der Waals surface area contributed by atoms with Gasteiger partial charge in [-0.2, -0.15) is 18.4 Å². The second-order valence-electron chi connectivity index (χ2n) is 4.32. The molecule has 0 aliphatic rings. The molecular formula is C14H11F3N4. The first-order valence-corrected chi connectivity index (χ1v) is 5.96. The van der Waals surface area contributed by atoms with Crippen LogP contribution in [-0.4, -0.2) is 4.98 Å². The maximum atomic E-state index is 12.7. The monoisotopic (exact) mass is 292 g/mol. The van der Waals surface area contributed by atoms with Gasteiger partial charge in [0.15, 0.2) is 0 Å². The summed E-state index contributed by atoms with van der Waals surface area (Å²) in [6.07, 6.45) is -4.21. The number of aromatic nitrogens is 1. The number of nitrogen functional groups attached to an aromatic ring is 1. The Bertz CT molecular complexity index is 672. The lowest BCUT2D eigenvalue weighted by atomic mass is 10.1. The van der Waals surface area contributed by atoms with Gasteiger partial charge in [-0.1, -0.05) is 12.1 Å². The molecule has 3 N–H and O–H groups in total. The lowest BCUT2D eigenvalue weighted by Crippen LogP contribution is -2.08. The van der Waals surface area contributed by atoms with Crippen LogP contribution in [0.15, 0.2) is 36.4 Å². The summed E-state index contributed by atoms with van der Waals surface area (Å²) in [6, 6.07) is 10.4. The highest BCUT2D eigenvalue weighted by Gasteiger charge is 2.31. The molecule has 0 radical (unpaired) electrons. The number of benzene rings is 1. The average molecular weight is 292 g/mol. The van der Waals surface area contributed by atoms with Crippen molar-refractivity contribution in [3.63, 3.8) is 0 Å². The van der Waals surface area contributed by atoms with E-state index >= 15 is 0 Å². The minimum Gasteiger partial charge on any atom is -0.384 e. The first kappa shape index (κ1) is 14.7. The van der Waals surface area contributed by atoms with E-state index in [0.29, 0.717) is 5.69 Å². The summed E-state index contributed by atoms with van der Waals surface area (Å²) < 4.78 is 38.0. The fourth-order valence-electron chi connectivity index (χ4n) is 1.72. The Morgan fingerprint density at radius 2 is 1.86 bits per heavy atom. The van der Waals surface area contributed by atoms with Gasteiger partial charge in [0.05, 0.1) is 18.1 Å². The van der Waals surface area contributed by atoms with Gasteiger partial charge in [0, 0.05) is 5.69 Å². The molecule has 0 aliphatic heterocycles. The van der Waals surface area contributed by atoms with E-state index in [4.69, 9.17) is 11.0 Å². The summed E-state index contributed by atoms with van der Waals surface area (Å²) in [5, 5.41) is 11.3. The number of nitrogens with zero attached hydrogens (tertiary/aromatic N) is 2. The Morgan fingerprint density at radius 3 is 2.43 bits per heavy atom. The SMILES string of the molecule is N#CCc1ccc(Nc2cc(C(F)(F)F)cc(N)n2)cc1. The summed E-state index contributed by atoms with van der Waals surface area (Å²) in [4.78, 5) is 3.82. The van der Waals surface area contributed by atoms with Gasteiger partial charge in [0.25, 0.3) is 0 Å². The van der Waals surface area contributed by atoms with Crippen molar-refractivity contribution >= 4 is 17.3 Å². The van der Waals surface area contributed by atoms with Crippen molar-refractivity contribution in [2.75, 3.05) is 11.1 Å². The maximum Gasteiger partial charge on any atom is 0.416 e. The van der Waals surface area contributed by atoms with Crippen molar-refractivity contribution in [2.45, 2.75) is 12.6 Å². The first-order valence-electron chi connectivity index (χ1n) is 5.96. The predicted molar refractivity (Wildman–Crippen MR) is 72.7 cm³/mol. The molecule has 0 spiro atoms. The quantitative estimate of drug-likeness (QED) is 0.908. The van der Waals surface area contributed by atoms with Crippen molar-refractivity contribution in [3.05, 3.63) is 47.5 Å². The van der Waals surface area contributed by atoms with Crippen LogP contribution in [0, 0.1) is 11.3 Å². The van der Waals surface area contributed by atoms with Crippen molar-refractivity contribution in [3.8, 4) is 6.07 Å². The van der Waals surface area contributed by atoms with E-state index in [1.807, 2.05) is 6.07 Å². The molecule has 0 saturated heterocycles. The average Bonchev–Trinajstić information content (AvgIpc) is 2.40. The molecule has 0 aliphatic carbocycles. The first-order chi connectivity index (χ1) is 9.88. The smallest absolute Gasteiger partial charge is 0.384 e. The van der Waals surface area contributed by atoms with Crippen molar-refractivity contribution in [1.29, 1.82) is 5.26 Å². The van der Waals surface area contributed by atoms with Crippen molar-refractivity contribution in [1.82, 2.24) is 4.98 Å². The van der Waals surface area contributed by atoms with Gasteiger partial charge in [0.2, 0.25) is 0 Å². The molecule has 7 heteroatoms. The number of alkyl halides is 3. The van der Waals surface area contributed by atoms with Crippen LogP contribution < -0.4 is 11.1 Å². The number of halogens is 3. The van der Waals surface area contributed by atoms with Gasteiger partial charge < -0.3 is 11.1 Å². The Hall–Kier alpha value is -2.75. The van der Waals surface area contributed by atoms with Gasteiger partial charge in [0.1, 0.15) is 11.6 Å². The minimum atomic E-state index is -4.48. The Labute approximate surface area is 119 Å². The molecule has 0 amide bonds. The molecule has 4 nitrogen and oxygen atoms in total. The van der Waals surface area contributed by atoms with E-state index in [-0.39, 0.29) is 18.1 Å². The van der Waals surface area contributed by atoms with Crippen LogP contribution in [0.25, 0.3) is 0 Å². The van der Waals surface area contributed by atoms with E-state index < -0.39 is 11.7 Å². The number of nitriles is 1. The number of nitrogens with one attached hydrogen (secondary N) is 1. The third-order valence-electron chi connectivity index (χ3n) is 2.68. The summed E-state index contributed by atoms with van der Waals surface area (Å²) in [6.45, 7) is 0. The zero-order valence-electron chi connectivity index (χ0n) is 10.8. The lowest BCUT2D eigenvalue weighted by Gasteiger charge is -2.11. The van der Waals surface area contributed by atoms with Crippen molar-refractivity contribution < 1.29 is 13.2 Å². The molecular weight excluding hydrogens is 281 g/mol.